The van der Waals surface area contributed by atoms with Gasteiger partial charge in [-0.15, -0.1) is 0 Å². The number of aromatic nitrogens is 2. The molecule has 6 heteroatoms. The number of nitrogens with two attached hydrogens (primary N) is 2. The topological polar surface area (TPSA) is 97.8 Å². The van der Waals surface area contributed by atoms with Crippen LogP contribution in [0.1, 0.15) is 12.5 Å². The normalized spacial score (nSPS) is 14.6. The second-order valence-electron chi connectivity index (χ2n) is 4.63. The van der Waals surface area contributed by atoms with Crippen LogP contribution in [0.25, 0.3) is 11.0 Å². The van der Waals surface area contributed by atoms with Gasteiger partial charge in [0.2, 0.25) is 5.91 Å². The summed E-state index contributed by atoms with van der Waals surface area (Å²) in [6.45, 7) is 3.65. The number of carbonyl (C=O) groups excluding carboxylic acids is 1. The van der Waals surface area contributed by atoms with Crippen LogP contribution in [0.15, 0.2) is 23.4 Å². The second kappa shape index (κ2) is 4.62. The van der Waals surface area contributed by atoms with Crippen LogP contribution in [-0.2, 0) is 4.79 Å². The first-order chi connectivity index (χ1) is 8.38. The molecule has 96 valence electrons. The molecule has 1 heterocycles. The summed E-state index contributed by atoms with van der Waals surface area (Å²) in [4.78, 5) is 18.7. The number of fused-ring (bicyclic) bond motifs is 1. The molecule has 1 unspecified atom stereocenters. The molecule has 0 saturated carbocycles. The summed E-state index contributed by atoms with van der Waals surface area (Å²) in [5.74, 6) is -0.122. The van der Waals surface area contributed by atoms with Crippen molar-refractivity contribution >= 4 is 28.7 Å². The van der Waals surface area contributed by atoms with Crippen molar-refractivity contribution in [2.45, 2.75) is 24.5 Å². The fourth-order valence-electron chi connectivity index (χ4n) is 1.46. The molecule has 0 radical (unpaired) electrons. The molecule has 0 spiro atoms. The molecule has 5 nitrogen and oxygen atoms in total. The minimum Gasteiger partial charge on any atom is -0.368 e. The average Bonchev–Trinajstić information content (AvgIpc) is 2.68. The highest BCUT2D eigenvalue weighted by Gasteiger charge is 2.26. The van der Waals surface area contributed by atoms with E-state index in [0.717, 1.165) is 16.2 Å². The maximum atomic E-state index is 11.1. The fraction of sp³-hybridized carbons (Fsp3) is 0.333. The van der Waals surface area contributed by atoms with Gasteiger partial charge >= 0.3 is 0 Å². The van der Waals surface area contributed by atoms with E-state index in [1.807, 2.05) is 25.1 Å². The Morgan fingerprint density at radius 3 is 2.94 bits per heavy atom. The van der Waals surface area contributed by atoms with E-state index in [1.165, 1.54) is 17.3 Å². The highest BCUT2D eigenvalue weighted by molar-refractivity contribution is 7.99. The largest absolute Gasteiger partial charge is 0.368 e. The molecule has 1 aromatic carbocycles. The van der Waals surface area contributed by atoms with Crippen molar-refractivity contribution in [1.29, 1.82) is 0 Å². The monoisotopic (exact) mass is 264 g/mol. The number of nitrogens with zero attached hydrogens (tertiary/aromatic N) is 1. The first kappa shape index (κ1) is 12.9. The maximum absolute atomic E-state index is 11.1. The number of rotatable bonds is 4. The number of aryl methyl sites for hydroxylation is 1. The third kappa shape index (κ3) is 2.65. The lowest BCUT2D eigenvalue weighted by atomic mass is 10.1. The van der Waals surface area contributed by atoms with Gasteiger partial charge in [0.1, 0.15) is 5.54 Å². The number of carbonyl (C=O) groups is 1. The molecule has 0 saturated heterocycles. The highest BCUT2D eigenvalue weighted by Crippen LogP contribution is 2.22. The number of hydrogen-bond donors (Lipinski definition) is 3. The summed E-state index contributed by atoms with van der Waals surface area (Å²) in [7, 11) is 0. The fourth-order valence-corrected chi connectivity index (χ4v) is 2.38. The molecule has 0 aliphatic rings. The molecule has 1 atom stereocenters. The Kier molecular flexibility index (Phi) is 3.32. The van der Waals surface area contributed by atoms with Gasteiger partial charge in [-0.2, -0.15) is 0 Å². The predicted octanol–water partition coefficient (Wildman–Crippen LogP) is 1.17. The van der Waals surface area contributed by atoms with E-state index in [0.29, 0.717) is 5.75 Å². The van der Waals surface area contributed by atoms with Crippen molar-refractivity contribution in [3.05, 3.63) is 23.8 Å². The Labute approximate surface area is 109 Å². The highest BCUT2D eigenvalue weighted by atomic mass is 32.2. The zero-order chi connectivity index (χ0) is 13.3. The Morgan fingerprint density at radius 2 is 2.28 bits per heavy atom. The summed E-state index contributed by atoms with van der Waals surface area (Å²) in [5.41, 5.74) is 13.0. The zero-order valence-electron chi connectivity index (χ0n) is 10.4. The number of imidazole rings is 1. The van der Waals surface area contributed by atoms with E-state index >= 15 is 0 Å². The molecule has 1 amide bonds. The number of H-pyrrole nitrogens is 1. The lowest BCUT2D eigenvalue weighted by Crippen LogP contribution is -2.51. The van der Waals surface area contributed by atoms with E-state index < -0.39 is 11.4 Å². The first-order valence-corrected chi connectivity index (χ1v) is 6.55. The first-order valence-electron chi connectivity index (χ1n) is 5.56. The van der Waals surface area contributed by atoms with Crippen molar-refractivity contribution in [3.8, 4) is 0 Å². The van der Waals surface area contributed by atoms with E-state index in [4.69, 9.17) is 11.5 Å². The smallest absolute Gasteiger partial charge is 0.238 e. The van der Waals surface area contributed by atoms with Gasteiger partial charge in [-0.05, 0) is 31.5 Å². The van der Waals surface area contributed by atoms with Gasteiger partial charge < -0.3 is 16.5 Å². The zero-order valence-corrected chi connectivity index (χ0v) is 11.2. The Balaban J connectivity index is 2.15. The molecule has 1 aromatic heterocycles. The van der Waals surface area contributed by atoms with Crippen LogP contribution in [0.4, 0.5) is 0 Å². The van der Waals surface area contributed by atoms with E-state index in [-0.39, 0.29) is 0 Å². The number of hydrogen-bond acceptors (Lipinski definition) is 4. The molecule has 0 fully saturated rings. The minimum absolute atomic E-state index is 0.390. The van der Waals surface area contributed by atoms with Crippen LogP contribution in [-0.4, -0.2) is 27.2 Å². The average molecular weight is 264 g/mol. The molecular formula is C12H16N4OS. The van der Waals surface area contributed by atoms with Gasteiger partial charge in [0.25, 0.3) is 0 Å². The van der Waals surface area contributed by atoms with Crippen LogP contribution in [0.3, 0.4) is 0 Å². The van der Waals surface area contributed by atoms with Crippen molar-refractivity contribution in [1.82, 2.24) is 9.97 Å². The minimum atomic E-state index is -1.03. The van der Waals surface area contributed by atoms with Crippen LogP contribution in [0.5, 0.6) is 0 Å². The molecule has 2 rings (SSSR count). The lowest BCUT2D eigenvalue weighted by molar-refractivity contribution is -0.121. The number of amides is 1. The third-order valence-electron chi connectivity index (χ3n) is 2.69. The van der Waals surface area contributed by atoms with Crippen molar-refractivity contribution in [2.75, 3.05) is 5.75 Å². The number of thioether (sulfide) groups is 1. The van der Waals surface area contributed by atoms with Crippen LogP contribution < -0.4 is 11.5 Å². The van der Waals surface area contributed by atoms with Crippen LogP contribution in [0.2, 0.25) is 0 Å². The standard InChI is InChI=1S/C12H16N4OS/c1-7-3-4-8-9(5-7)16-11(15-8)18-6-12(2,14)10(13)17/h3-5H,6,14H2,1-2H3,(H2,13,17)(H,15,16). The molecule has 0 aliphatic heterocycles. The molecular weight excluding hydrogens is 248 g/mol. The summed E-state index contributed by atoms with van der Waals surface area (Å²) < 4.78 is 0. The Bertz CT molecular complexity index is 591. The Hall–Kier alpha value is -1.53. The summed E-state index contributed by atoms with van der Waals surface area (Å²) in [5, 5.41) is 0.744. The molecule has 2 aromatic rings. The number of primary amides is 1. The van der Waals surface area contributed by atoms with Gasteiger partial charge in [-0.3, -0.25) is 4.79 Å². The summed E-state index contributed by atoms with van der Waals surface area (Å²) in [6, 6.07) is 6.00. The third-order valence-corrected chi connectivity index (χ3v) is 3.90. The van der Waals surface area contributed by atoms with E-state index in [1.54, 1.807) is 6.92 Å². The van der Waals surface area contributed by atoms with Gasteiger partial charge in [0, 0.05) is 5.75 Å². The lowest BCUT2D eigenvalue weighted by Gasteiger charge is -2.18. The SMILES string of the molecule is Cc1ccc2nc(SCC(C)(N)C(N)=O)[nH]c2c1. The van der Waals surface area contributed by atoms with Crippen LogP contribution in [0, 0.1) is 6.92 Å². The van der Waals surface area contributed by atoms with Gasteiger partial charge in [-0.25, -0.2) is 4.98 Å². The summed E-state index contributed by atoms with van der Waals surface area (Å²) in [6.07, 6.45) is 0. The molecule has 0 bridgehead atoms. The van der Waals surface area contributed by atoms with Crippen molar-refractivity contribution < 1.29 is 4.79 Å². The number of nitrogens with one attached hydrogen (secondary N) is 1. The molecule has 0 aliphatic carbocycles. The molecule has 5 N–H and O–H groups in total. The van der Waals surface area contributed by atoms with E-state index in [9.17, 15) is 4.79 Å². The van der Waals surface area contributed by atoms with Crippen molar-refractivity contribution in [2.24, 2.45) is 11.5 Å². The van der Waals surface area contributed by atoms with Gasteiger partial charge in [0.15, 0.2) is 5.16 Å². The van der Waals surface area contributed by atoms with Gasteiger partial charge in [0.05, 0.1) is 11.0 Å². The number of aromatic amines is 1. The van der Waals surface area contributed by atoms with Gasteiger partial charge in [-0.1, -0.05) is 17.8 Å². The maximum Gasteiger partial charge on any atom is 0.238 e. The van der Waals surface area contributed by atoms with E-state index in [2.05, 4.69) is 9.97 Å². The van der Waals surface area contributed by atoms with Crippen molar-refractivity contribution in [3.63, 3.8) is 0 Å². The Morgan fingerprint density at radius 1 is 1.56 bits per heavy atom. The predicted molar refractivity (Wildman–Crippen MR) is 73.3 cm³/mol. The second-order valence-corrected chi connectivity index (χ2v) is 5.60. The quantitative estimate of drug-likeness (QED) is 0.722. The summed E-state index contributed by atoms with van der Waals surface area (Å²) >= 11 is 1.39. The van der Waals surface area contributed by atoms with Crippen LogP contribution >= 0.6 is 11.8 Å². The number of benzene rings is 1. The molecule has 18 heavy (non-hydrogen) atoms.